The third kappa shape index (κ3) is 2.43. The van der Waals surface area contributed by atoms with Gasteiger partial charge in [0.2, 0.25) is 0 Å². The van der Waals surface area contributed by atoms with Crippen LogP contribution in [0.3, 0.4) is 0 Å². The molecule has 1 unspecified atom stereocenters. The molecule has 0 spiro atoms. The number of nitrogen functional groups attached to an aromatic ring is 1. The highest BCUT2D eigenvalue weighted by Gasteiger charge is 2.29. The zero-order valence-corrected chi connectivity index (χ0v) is 13.0. The fraction of sp³-hybridized carbons (Fsp3) is 0.312. The number of fused-ring (bicyclic) bond motifs is 1. The van der Waals surface area contributed by atoms with Crippen LogP contribution < -0.4 is 11.3 Å². The minimum absolute atomic E-state index is 0.0345. The number of aryl methyl sites for hydroxylation is 1. The molecule has 0 fully saturated rings. The summed E-state index contributed by atoms with van der Waals surface area (Å²) in [5.41, 5.74) is 6.30. The van der Waals surface area contributed by atoms with Gasteiger partial charge in [-0.2, -0.15) is 0 Å². The third-order valence-corrected chi connectivity index (χ3v) is 5.10. The van der Waals surface area contributed by atoms with Gasteiger partial charge in [0, 0.05) is 11.4 Å². The van der Waals surface area contributed by atoms with E-state index in [0.29, 0.717) is 11.3 Å². The Hall–Kier alpha value is -1.85. The van der Waals surface area contributed by atoms with Gasteiger partial charge in [-0.1, -0.05) is 6.07 Å². The molecule has 4 nitrogen and oxygen atoms in total. The van der Waals surface area contributed by atoms with Crippen LogP contribution in [0.5, 0.6) is 0 Å². The van der Waals surface area contributed by atoms with Crippen LogP contribution in [-0.2, 0) is 6.42 Å². The smallest absolute Gasteiger partial charge is 0.256 e. The third-order valence-electron chi connectivity index (χ3n) is 4.10. The minimum atomic E-state index is 0.0345. The molecule has 21 heavy (non-hydrogen) atoms. The Bertz CT molecular complexity index is 680. The Morgan fingerprint density at radius 3 is 3.00 bits per heavy atom. The van der Waals surface area contributed by atoms with Crippen LogP contribution in [-0.4, -0.2) is 17.4 Å². The normalized spacial score (nSPS) is 17.5. The van der Waals surface area contributed by atoms with Gasteiger partial charge in [0.15, 0.2) is 0 Å². The van der Waals surface area contributed by atoms with Crippen molar-refractivity contribution in [3.63, 3.8) is 0 Å². The zero-order chi connectivity index (χ0) is 15.0. The maximum Gasteiger partial charge on any atom is 0.256 e. The van der Waals surface area contributed by atoms with Crippen LogP contribution in [0.4, 0.5) is 5.69 Å². The number of nitrogens with two attached hydrogens (primary N) is 1. The summed E-state index contributed by atoms with van der Waals surface area (Å²) in [7, 11) is 0. The van der Waals surface area contributed by atoms with Gasteiger partial charge >= 0.3 is 0 Å². The molecule has 0 aliphatic carbocycles. The molecule has 1 aliphatic heterocycles. The number of anilines is 1. The van der Waals surface area contributed by atoms with Gasteiger partial charge in [0.25, 0.3) is 5.91 Å². The molecular weight excluding hydrogens is 282 g/mol. The van der Waals surface area contributed by atoms with Gasteiger partial charge in [0.05, 0.1) is 17.3 Å². The second-order valence-electron chi connectivity index (χ2n) is 5.42. The van der Waals surface area contributed by atoms with E-state index in [0.717, 1.165) is 18.5 Å². The second kappa shape index (κ2) is 5.50. The summed E-state index contributed by atoms with van der Waals surface area (Å²) >= 11 is 1.78. The minimum Gasteiger partial charge on any atom is -0.331 e. The van der Waals surface area contributed by atoms with Crippen molar-refractivity contribution in [3.8, 4) is 0 Å². The number of benzene rings is 1. The van der Waals surface area contributed by atoms with E-state index < -0.39 is 0 Å². The Balaban J connectivity index is 1.93. The molecule has 0 radical (unpaired) electrons. The molecule has 1 atom stereocenters. The van der Waals surface area contributed by atoms with Gasteiger partial charge in [-0.15, -0.1) is 11.3 Å². The van der Waals surface area contributed by atoms with E-state index in [9.17, 15) is 4.79 Å². The SMILES string of the molecule is Cc1ccc(C(=O)N2CCc3sccc3C2C)c(NN)c1. The maximum atomic E-state index is 12.9. The number of nitrogens with one attached hydrogen (secondary N) is 1. The molecule has 3 rings (SSSR count). The zero-order valence-electron chi connectivity index (χ0n) is 12.2. The number of carbonyl (C=O) groups is 1. The van der Waals surface area contributed by atoms with E-state index in [4.69, 9.17) is 5.84 Å². The van der Waals surface area contributed by atoms with E-state index in [1.165, 1.54) is 10.4 Å². The van der Waals surface area contributed by atoms with Crippen LogP contribution >= 0.6 is 11.3 Å². The van der Waals surface area contributed by atoms with E-state index in [1.807, 2.05) is 30.0 Å². The number of hydrogen-bond acceptors (Lipinski definition) is 4. The number of hydrogen-bond donors (Lipinski definition) is 2. The van der Waals surface area contributed by atoms with Crippen LogP contribution in [0.1, 0.15) is 39.3 Å². The Kier molecular flexibility index (Phi) is 3.69. The van der Waals surface area contributed by atoms with Gasteiger partial charge in [-0.25, -0.2) is 0 Å². The number of hydrazine groups is 1. The van der Waals surface area contributed by atoms with Crippen molar-refractivity contribution < 1.29 is 4.79 Å². The summed E-state index contributed by atoms with van der Waals surface area (Å²) in [6, 6.07) is 7.93. The summed E-state index contributed by atoms with van der Waals surface area (Å²) in [4.78, 5) is 16.2. The van der Waals surface area contributed by atoms with E-state index in [-0.39, 0.29) is 11.9 Å². The number of rotatable bonds is 2. The van der Waals surface area contributed by atoms with Crippen molar-refractivity contribution in [2.75, 3.05) is 12.0 Å². The predicted octanol–water partition coefficient (Wildman–Crippen LogP) is 3.10. The molecule has 0 saturated carbocycles. The average Bonchev–Trinajstić information content (AvgIpc) is 2.96. The summed E-state index contributed by atoms with van der Waals surface area (Å²) in [6.45, 7) is 4.83. The summed E-state index contributed by atoms with van der Waals surface area (Å²) in [5, 5.41) is 2.11. The van der Waals surface area contributed by atoms with Crippen molar-refractivity contribution >= 4 is 22.9 Å². The van der Waals surface area contributed by atoms with E-state index in [2.05, 4.69) is 23.8 Å². The van der Waals surface area contributed by atoms with E-state index in [1.54, 1.807) is 11.3 Å². The number of thiophene rings is 1. The predicted molar refractivity (Wildman–Crippen MR) is 86.5 cm³/mol. The van der Waals surface area contributed by atoms with Crippen molar-refractivity contribution in [1.29, 1.82) is 0 Å². The van der Waals surface area contributed by atoms with Crippen LogP contribution in [0.25, 0.3) is 0 Å². The van der Waals surface area contributed by atoms with Gasteiger partial charge in [0.1, 0.15) is 0 Å². The first kappa shape index (κ1) is 14.1. The highest BCUT2D eigenvalue weighted by atomic mass is 32.1. The molecule has 1 aromatic carbocycles. The van der Waals surface area contributed by atoms with Crippen molar-refractivity contribution in [2.45, 2.75) is 26.3 Å². The molecule has 0 bridgehead atoms. The monoisotopic (exact) mass is 301 g/mol. The Labute approximate surface area is 128 Å². The highest BCUT2D eigenvalue weighted by molar-refractivity contribution is 7.10. The van der Waals surface area contributed by atoms with Crippen LogP contribution in [0, 0.1) is 6.92 Å². The standard InChI is InChI=1S/C16H19N3OS/c1-10-3-4-13(14(9-10)18-17)16(20)19-7-5-15-12(11(19)2)6-8-21-15/h3-4,6,8-9,11,18H,5,7,17H2,1-2H3. The fourth-order valence-corrected chi connectivity index (χ4v) is 3.87. The molecule has 1 aromatic heterocycles. The molecule has 110 valence electrons. The quantitative estimate of drug-likeness (QED) is 0.662. The van der Waals surface area contributed by atoms with Crippen molar-refractivity contribution in [1.82, 2.24) is 4.90 Å². The van der Waals surface area contributed by atoms with Gasteiger partial charge in [-0.05, 0) is 55.0 Å². The van der Waals surface area contributed by atoms with E-state index >= 15 is 0 Å². The van der Waals surface area contributed by atoms with Crippen LogP contribution in [0.2, 0.25) is 0 Å². The first-order chi connectivity index (χ1) is 10.1. The lowest BCUT2D eigenvalue weighted by Crippen LogP contribution is -2.38. The lowest BCUT2D eigenvalue weighted by Gasteiger charge is -2.34. The Morgan fingerprint density at radius 2 is 2.24 bits per heavy atom. The largest absolute Gasteiger partial charge is 0.331 e. The first-order valence-corrected chi connectivity index (χ1v) is 7.94. The lowest BCUT2D eigenvalue weighted by molar-refractivity contribution is 0.0680. The molecule has 3 N–H and O–H groups in total. The summed E-state index contributed by atoms with van der Waals surface area (Å²) in [6.07, 6.45) is 0.931. The molecule has 1 amide bonds. The first-order valence-electron chi connectivity index (χ1n) is 7.06. The van der Waals surface area contributed by atoms with Gasteiger partial charge in [-0.3, -0.25) is 10.6 Å². The Morgan fingerprint density at radius 1 is 1.43 bits per heavy atom. The molecule has 5 heteroatoms. The number of nitrogens with zero attached hydrogens (tertiary/aromatic N) is 1. The topological polar surface area (TPSA) is 58.4 Å². The highest BCUT2D eigenvalue weighted by Crippen LogP contribution is 2.34. The molecule has 2 aromatic rings. The fourth-order valence-electron chi connectivity index (χ4n) is 2.91. The van der Waals surface area contributed by atoms with Crippen molar-refractivity contribution in [2.24, 2.45) is 5.84 Å². The molecule has 2 heterocycles. The number of amides is 1. The molecular formula is C16H19N3OS. The molecule has 1 aliphatic rings. The summed E-state index contributed by atoms with van der Waals surface area (Å²) < 4.78 is 0. The lowest BCUT2D eigenvalue weighted by atomic mass is 9.99. The summed E-state index contributed by atoms with van der Waals surface area (Å²) in [5.74, 6) is 5.60. The molecule has 0 saturated heterocycles. The van der Waals surface area contributed by atoms with Crippen molar-refractivity contribution in [3.05, 3.63) is 51.2 Å². The second-order valence-corrected chi connectivity index (χ2v) is 6.42. The number of carbonyl (C=O) groups excluding carboxylic acids is 1. The van der Waals surface area contributed by atoms with Crippen LogP contribution in [0.15, 0.2) is 29.6 Å². The van der Waals surface area contributed by atoms with Gasteiger partial charge < -0.3 is 10.3 Å². The maximum absolute atomic E-state index is 12.9. The average molecular weight is 301 g/mol.